The largest absolute Gasteiger partial charge is 0.351 e. The molecular formula is C12H25NSi. The van der Waals surface area contributed by atoms with Crippen molar-refractivity contribution in [3.63, 3.8) is 0 Å². The van der Waals surface area contributed by atoms with Crippen molar-refractivity contribution in [1.82, 2.24) is 0 Å². The van der Waals surface area contributed by atoms with Crippen molar-refractivity contribution in [1.29, 1.82) is 0 Å². The van der Waals surface area contributed by atoms with E-state index in [4.69, 9.17) is 5.40 Å². The zero-order valence-electron chi connectivity index (χ0n) is 9.60. The van der Waals surface area contributed by atoms with Crippen LogP contribution in [0.25, 0.3) is 0 Å². The Morgan fingerprint density at radius 1 is 1.00 bits per heavy atom. The van der Waals surface area contributed by atoms with Gasteiger partial charge in [-0.1, -0.05) is 57.9 Å². The van der Waals surface area contributed by atoms with Gasteiger partial charge in [0.25, 0.3) is 0 Å². The third-order valence-corrected chi connectivity index (χ3v) is 8.39. The first-order valence-corrected chi connectivity index (χ1v) is 9.33. The molecule has 1 unspecified atom stereocenters. The molecule has 2 saturated carbocycles. The molecule has 0 spiro atoms. The summed E-state index contributed by atoms with van der Waals surface area (Å²) in [7, 11) is -1.34. The van der Waals surface area contributed by atoms with Gasteiger partial charge in [0, 0.05) is 0 Å². The molecule has 2 aliphatic carbocycles. The number of hydrogen-bond acceptors (Lipinski definition) is 1. The van der Waals surface area contributed by atoms with E-state index < -0.39 is 8.24 Å². The van der Waals surface area contributed by atoms with Crippen LogP contribution < -0.4 is 5.40 Å². The van der Waals surface area contributed by atoms with Crippen LogP contribution in [0.4, 0.5) is 0 Å². The van der Waals surface area contributed by atoms with E-state index in [0.717, 1.165) is 11.5 Å². The van der Waals surface area contributed by atoms with Gasteiger partial charge in [-0.25, -0.2) is 0 Å². The predicted octanol–water partition coefficient (Wildman–Crippen LogP) is 3.65. The van der Waals surface area contributed by atoms with Crippen LogP contribution >= 0.6 is 0 Å². The lowest BCUT2D eigenvalue weighted by Crippen LogP contribution is -2.47. The topological polar surface area (TPSA) is 26.0 Å². The highest BCUT2D eigenvalue weighted by atomic mass is 28.3. The molecule has 0 aromatic heterocycles. The minimum Gasteiger partial charge on any atom is -0.351 e. The molecule has 14 heavy (non-hydrogen) atoms. The summed E-state index contributed by atoms with van der Waals surface area (Å²) in [5.41, 5.74) is 0.961. The smallest absolute Gasteiger partial charge is 0.123 e. The van der Waals surface area contributed by atoms with E-state index in [-0.39, 0.29) is 0 Å². The highest BCUT2D eigenvalue weighted by Crippen LogP contribution is 2.41. The van der Waals surface area contributed by atoms with Gasteiger partial charge in [0.05, 0.1) is 0 Å². The number of nitrogens with two attached hydrogens (primary N) is 1. The molecule has 1 nitrogen and oxygen atoms in total. The Kier molecular flexibility index (Phi) is 3.33. The maximum absolute atomic E-state index is 6.64. The quantitative estimate of drug-likeness (QED) is 0.708. The van der Waals surface area contributed by atoms with Crippen LogP contribution in [0.15, 0.2) is 0 Å². The van der Waals surface area contributed by atoms with Gasteiger partial charge < -0.3 is 5.40 Å². The van der Waals surface area contributed by atoms with E-state index in [1.807, 2.05) is 0 Å². The minimum atomic E-state index is -1.34. The SMILES string of the molecule is C[Si](N)(CC1CCCC1)C1CCCC1. The maximum atomic E-state index is 6.64. The van der Waals surface area contributed by atoms with E-state index in [1.165, 1.54) is 57.4 Å². The summed E-state index contributed by atoms with van der Waals surface area (Å²) in [5, 5.41) is 6.64. The summed E-state index contributed by atoms with van der Waals surface area (Å²) in [6.07, 6.45) is 11.7. The summed E-state index contributed by atoms with van der Waals surface area (Å²) in [6.45, 7) is 2.45. The van der Waals surface area contributed by atoms with E-state index in [0.29, 0.717) is 0 Å². The lowest BCUT2D eigenvalue weighted by molar-refractivity contribution is 0.591. The second-order valence-electron chi connectivity index (χ2n) is 5.84. The van der Waals surface area contributed by atoms with Crippen LogP contribution in [0.5, 0.6) is 0 Å². The van der Waals surface area contributed by atoms with Crippen molar-refractivity contribution in [3.05, 3.63) is 0 Å². The lowest BCUT2D eigenvalue weighted by atomic mass is 10.1. The van der Waals surface area contributed by atoms with Crippen molar-refractivity contribution in [3.8, 4) is 0 Å². The zero-order chi connectivity index (χ0) is 10.0. The molecule has 0 saturated heterocycles. The Bertz CT molecular complexity index is 179. The first kappa shape index (κ1) is 10.7. The molecule has 0 amide bonds. The fourth-order valence-corrected chi connectivity index (χ4v) is 7.30. The first-order valence-electron chi connectivity index (χ1n) is 6.47. The summed E-state index contributed by atoms with van der Waals surface area (Å²) < 4.78 is 0. The predicted molar refractivity (Wildman–Crippen MR) is 64.8 cm³/mol. The molecule has 0 heterocycles. The fraction of sp³-hybridized carbons (Fsp3) is 1.00. The summed E-state index contributed by atoms with van der Waals surface area (Å²) in [5.74, 6) is 1.01. The van der Waals surface area contributed by atoms with E-state index in [1.54, 1.807) is 0 Å². The highest BCUT2D eigenvalue weighted by molar-refractivity contribution is 6.77. The lowest BCUT2D eigenvalue weighted by Gasteiger charge is -2.31. The monoisotopic (exact) mass is 211 g/mol. The van der Waals surface area contributed by atoms with Crippen LogP contribution in [-0.2, 0) is 0 Å². The van der Waals surface area contributed by atoms with Crippen LogP contribution in [0, 0.1) is 5.92 Å². The first-order chi connectivity index (χ1) is 6.68. The molecule has 0 radical (unpaired) electrons. The second-order valence-corrected chi connectivity index (χ2v) is 10.1. The van der Waals surface area contributed by atoms with E-state index in [2.05, 4.69) is 6.55 Å². The van der Waals surface area contributed by atoms with Gasteiger partial charge in [-0.15, -0.1) is 0 Å². The molecule has 0 aromatic carbocycles. The molecule has 0 aliphatic heterocycles. The zero-order valence-corrected chi connectivity index (χ0v) is 10.6. The Balaban J connectivity index is 1.86. The molecule has 2 aliphatic rings. The van der Waals surface area contributed by atoms with Crippen LogP contribution in [-0.4, -0.2) is 8.24 Å². The molecule has 1 atom stereocenters. The van der Waals surface area contributed by atoms with Gasteiger partial charge in [-0.2, -0.15) is 0 Å². The van der Waals surface area contributed by atoms with E-state index >= 15 is 0 Å². The van der Waals surface area contributed by atoms with Gasteiger partial charge in [0.2, 0.25) is 0 Å². The Hall–Kier alpha value is 0.177. The molecule has 2 heteroatoms. The average molecular weight is 211 g/mol. The molecular weight excluding hydrogens is 186 g/mol. The van der Waals surface area contributed by atoms with Gasteiger partial charge in [0.1, 0.15) is 8.24 Å². The van der Waals surface area contributed by atoms with Crippen LogP contribution in [0.1, 0.15) is 51.4 Å². The van der Waals surface area contributed by atoms with Gasteiger partial charge in [-0.05, 0) is 17.5 Å². The number of hydrogen-bond donors (Lipinski definition) is 1. The van der Waals surface area contributed by atoms with Crippen molar-refractivity contribution in [2.24, 2.45) is 11.3 Å². The van der Waals surface area contributed by atoms with E-state index in [9.17, 15) is 0 Å². The Morgan fingerprint density at radius 3 is 2.07 bits per heavy atom. The maximum Gasteiger partial charge on any atom is 0.123 e. The summed E-state index contributed by atoms with van der Waals surface area (Å²) in [4.78, 5) is 0. The molecule has 0 aromatic rings. The standard InChI is InChI=1S/C12H25NSi/c1-14(13,12-8-4-5-9-12)10-11-6-2-3-7-11/h11-12H,2-10,13H2,1H3. The Morgan fingerprint density at radius 2 is 1.50 bits per heavy atom. The number of rotatable bonds is 3. The Labute approximate surface area is 89.5 Å². The summed E-state index contributed by atoms with van der Waals surface area (Å²) in [6, 6.07) is 1.43. The molecule has 2 N–H and O–H groups in total. The third-order valence-electron chi connectivity index (χ3n) is 4.49. The molecule has 0 bridgehead atoms. The normalized spacial score (nSPS) is 29.6. The van der Waals surface area contributed by atoms with Gasteiger partial charge in [-0.3, -0.25) is 0 Å². The van der Waals surface area contributed by atoms with Crippen molar-refractivity contribution < 1.29 is 0 Å². The molecule has 2 fully saturated rings. The van der Waals surface area contributed by atoms with Crippen molar-refractivity contribution >= 4 is 8.24 Å². The molecule has 82 valence electrons. The second kappa shape index (κ2) is 4.36. The van der Waals surface area contributed by atoms with Crippen molar-refractivity contribution in [2.45, 2.75) is 69.5 Å². The fourth-order valence-electron chi connectivity index (χ4n) is 3.59. The van der Waals surface area contributed by atoms with Gasteiger partial charge in [0.15, 0.2) is 0 Å². The molecule has 2 rings (SSSR count). The minimum absolute atomic E-state index is 0.961. The average Bonchev–Trinajstić information content (AvgIpc) is 2.71. The highest BCUT2D eigenvalue weighted by Gasteiger charge is 2.37. The third kappa shape index (κ3) is 2.40. The van der Waals surface area contributed by atoms with Gasteiger partial charge >= 0.3 is 0 Å². The van der Waals surface area contributed by atoms with Crippen LogP contribution in [0.2, 0.25) is 18.1 Å². The summed E-state index contributed by atoms with van der Waals surface area (Å²) >= 11 is 0. The van der Waals surface area contributed by atoms with Crippen LogP contribution in [0.3, 0.4) is 0 Å². The van der Waals surface area contributed by atoms with Crippen molar-refractivity contribution in [2.75, 3.05) is 0 Å².